The molecule has 1 heterocycles. The molecule has 0 aliphatic heterocycles. The van der Waals surface area contributed by atoms with Gasteiger partial charge < -0.3 is 14.6 Å². The lowest BCUT2D eigenvalue weighted by molar-refractivity contribution is 0.245. The number of rotatable bonds is 7. The molecule has 1 aromatic rings. The van der Waals surface area contributed by atoms with Crippen molar-refractivity contribution in [3.63, 3.8) is 0 Å². The predicted molar refractivity (Wildman–Crippen MR) is 64.4 cm³/mol. The van der Waals surface area contributed by atoms with E-state index in [1.807, 2.05) is 0 Å². The van der Waals surface area contributed by atoms with Crippen molar-refractivity contribution in [1.82, 2.24) is 9.97 Å². The standard InChI is InChI=1S/C13H18N2O3/c16-6-11-14-12(17-7-9-1-2-9)5-13(15-11)18-8-10-3-4-10/h5,9-10,16H,1-4,6-8H2. The Kier molecular flexibility index (Phi) is 3.32. The summed E-state index contributed by atoms with van der Waals surface area (Å²) < 4.78 is 11.2. The number of hydrogen-bond donors (Lipinski definition) is 1. The minimum Gasteiger partial charge on any atom is -0.477 e. The number of hydrogen-bond acceptors (Lipinski definition) is 5. The maximum atomic E-state index is 9.13. The van der Waals surface area contributed by atoms with Crippen LogP contribution in [0.1, 0.15) is 31.5 Å². The first kappa shape index (κ1) is 11.7. The molecule has 0 unspecified atom stereocenters. The molecule has 5 heteroatoms. The van der Waals surface area contributed by atoms with E-state index in [2.05, 4.69) is 9.97 Å². The highest BCUT2D eigenvalue weighted by atomic mass is 16.5. The molecular formula is C13H18N2O3. The highest BCUT2D eigenvalue weighted by Gasteiger charge is 2.23. The topological polar surface area (TPSA) is 64.5 Å². The van der Waals surface area contributed by atoms with E-state index in [1.54, 1.807) is 6.07 Å². The van der Waals surface area contributed by atoms with Gasteiger partial charge in [0.2, 0.25) is 11.8 Å². The van der Waals surface area contributed by atoms with E-state index in [9.17, 15) is 0 Å². The molecule has 0 atom stereocenters. The molecule has 0 amide bonds. The van der Waals surface area contributed by atoms with Gasteiger partial charge in [0.1, 0.15) is 6.61 Å². The summed E-state index contributed by atoms with van der Waals surface area (Å²) in [6.07, 6.45) is 4.96. The SMILES string of the molecule is OCc1nc(OCC2CC2)cc(OCC2CC2)n1. The van der Waals surface area contributed by atoms with Crippen molar-refractivity contribution in [2.75, 3.05) is 13.2 Å². The van der Waals surface area contributed by atoms with E-state index in [4.69, 9.17) is 14.6 Å². The van der Waals surface area contributed by atoms with Crippen molar-refractivity contribution >= 4 is 0 Å². The molecule has 0 saturated heterocycles. The summed E-state index contributed by atoms with van der Waals surface area (Å²) in [7, 11) is 0. The quantitative estimate of drug-likeness (QED) is 0.795. The van der Waals surface area contributed by atoms with Gasteiger partial charge >= 0.3 is 0 Å². The van der Waals surface area contributed by atoms with E-state index in [-0.39, 0.29) is 6.61 Å². The van der Waals surface area contributed by atoms with Gasteiger partial charge in [-0.25, -0.2) is 0 Å². The van der Waals surface area contributed by atoms with Gasteiger partial charge in [-0.05, 0) is 37.5 Å². The Balaban J connectivity index is 1.63. The van der Waals surface area contributed by atoms with E-state index in [0.717, 1.165) is 0 Å². The van der Waals surface area contributed by atoms with Crippen LogP contribution in [0.2, 0.25) is 0 Å². The fraction of sp³-hybridized carbons (Fsp3) is 0.692. The minimum atomic E-state index is -0.194. The van der Waals surface area contributed by atoms with Crippen molar-refractivity contribution in [1.29, 1.82) is 0 Å². The maximum absolute atomic E-state index is 9.13. The average molecular weight is 250 g/mol. The number of aromatic nitrogens is 2. The molecule has 3 rings (SSSR count). The summed E-state index contributed by atoms with van der Waals surface area (Å²) in [4.78, 5) is 8.26. The monoisotopic (exact) mass is 250 g/mol. The highest BCUT2D eigenvalue weighted by molar-refractivity contribution is 5.21. The lowest BCUT2D eigenvalue weighted by Gasteiger charge is -2.09. The van der Waals surface area contributed by atoms with E-state index in [0.29, 0.717) is 42.6 Å². The third-order valence-corrected chi connectivity index (χ3v) is 3.19. The summed E-state index contributed by atoms with van der Waals surface area (Å²) in [5.74, 6) is 2.72. The molecule has 2 fully saturated rings. The van der Waals surface area contributed by atoms with Crippen LogP contribution >= 0.6 is 0 Å². The molecule has 0 aromatic carbocycles. The molecule has 5 nitrogen and oxygen atoms in total. The van der Waals surface area contributed by atoms with E-state index >= 15 is 0 Å². The fourth-order valence-electron chi connectivity index (χ4n) is 1.64. The van der Waals surface area contributed by atoms with Crippen molar-refractivity contribution in [2.24, 2.45) is 11.8 Å². The Bertz CT molecular complexity index is 382. The number of aliphatic hydroxyl groups excluding tert-OH is 1. The van der Waals surface area contributed by atoms with Gasteiger partial charge in [-0.2, -0.15) is 9.97 Å². The predicted octanol–water partition coefficient (Wildman–Crippen LogP) is 1.55. The molecule has 2 saturated carbocycles. The summed E-state index contributed by atoms with van der Waals surface area (Å²) in [5, 5.41) is 9.13. The van der Waals surface area contributed by atoms with Crippen LogP contribution in [0.25, 0.3) is 0 Å². The van der Waals surface area contributed by atoms with Gasteiger partial charge in [0.25, 0.3) is 0 Å². The summed E-state index contributed by atoms with van der Waals surface area (Å²) >= 11 is 0. The molecular weight excluding hydrogens is 232 g/mol. The molecule has 18 heavy (non-hydrogen) atoms. The maximum Gasteiger partial charge on any atom is 0.220 e. The zero-order valence-corrected chi connectivity index (χ0v) is 10.3. The van der Waals surface area contributed by atoms with Crippen LogP contribution < -0.4 is 9.47 Å². The van der Waals surface area contributed by atoms with Gasteiger partial charge in [0.15, 0.2) is 5.82 Å². The average Bonchev–Trinajstić information content (AvgIpc) is 3.28. The van der Waals surface area contributed by atoms with Crippen LogP contribution in [0.4, 0.5) is 0 Å². The van der Waals surface area contributed by atoms with E-state index in [1.165, 1.54) is 25.7 Å². The van der Waals surface area contributed by atoms with Gasteiger partial charge in [-0.15, -0.1) is 0 Å². The lowest BCUT2D eigenvalue weighted by atomic mass is 10.4. The number of nitrogens with zero attached hydrogens (tertiary/aromatic N) is 2. The highest BCUT2D eigenvalue weighted by Crippen LogP contribution is 2.31. The van der Waals surface area contributed by atoms with Crippen LogP contribution in [0.5, 0.6) is 11.8 Å². The lowest BCUT2D eigenvalue weighted by Crippen LogP contribution is -2.07. The zero-order chi connectivity index (χ0) is 12.4. The van der Waals surface area contributed by atoms with Crippen molar-refractivity contribution in [3.05, 3.63) is 11.9 Å². The first-order chi connectivity index (χ1) is 8.83. The Morgan fingerprint density at radius 1 is 1.00 bits per heavy atom. The van der Waals surface area contributed by atoms with Gasteiger partial charge in [0, 0.05) is 0 Å². The second kappa shape index (κ2) is 5.10. The molecule has 2 aliphatic carbocycles. The van der Waals surface area contributed by atoms with Crippen molar-refractivity contribution in [2.45, 2.75) is 32.3 Å². The second-order valence-corrected chi connectivity index (χ2v) is 5.13. The molecule has 0 spiro atoms. The van der Waals surface area contributed by atoms with Crippen LogP contribution in [0.15, 0.2) is 6.07 Å². The van der Waals surface area contributed by atoms with E-state index < -0.39 is 0 Å². The second-order valence-electron chi connectivity index (χ2n) is 5.13. The van der Waals surface area contributed by atoms with Crippen molar-refractivity contribution < 1.29 is 14.6 Å². The first-order valence-corrected chi connectivity index (χ1v) is 6.58. The Hall–Kier alpha value is -1.36. The summed E-state index contributed by atoms with van der Waals surface area (Å²) in [6.45, 7) is 1.20. The Morgan fingerprint density at radius 3 is 1.89 bits per heavy atom. The van der Waals surface area contributed by atoms with Crippen molar-refractivity contribution in [3.8, 4) is 11.8 Å². The van der Waals surface area contributed by atoms with Gasteiger partial charge in [0.05, 0.1) is 19.3 Å². The first-order valence-electron chi connectivity index (χ1n) is 6.58. The molecule has 0 bridgehead atoms. The Labute approximate surface area is 106 Å². The molecule has 1 aromatic heterocycles. The molecule has 1 N–H and O–H groups in total. The summed E-state index contributed by atoms with van der Waals surface area (Å²) in [6, 6.07) is 1.71. The normalized spacial score (nSPS) is 18.7. The minimum absolute atomic E-state index is 0.194. The Morgan fingerprint density at radius 2 is 1.50 bits per heavy atom. The largest absolute Gasteiger partial charge is 0.477 e. The van der Waals surface area contributed by atoms with Crippen LogP contribution in [0.3, 0.4) is 0 Å². The molecule has 98 valence electrons. The van der Waals surface area contributed by atoms with Gasteiger partial charge in [-0.3, -0.25) is 0 Å². The van der Waals surface area contributed by atoms with Gasteiger partial charge in [-0.1, -0.05) is 0 Å². The molecule has 2 aliphatic rings. The third-order valence-electron chi connectivity index (χ3n) is 3.19. The van der Waals surface area contributed by atoms with Crippen LogP contribution in [-0.4, -0.2) is 28.3 Å². The summed E-state index contributed by atoms with van der Waals surface area (Å²) in [5.41, 5.74) is 0. The fourth-order valence-corrected chi connectivity index (χ4v) is 1.64. The molecule has 0 radical (unpaired) electrons. The smallest absolute Gasteiger partial charge is 0.220 e. The third kappa shape index (κ3) is 3.32. The van der Waals surface area contributed by atoms with Crippen LogP contribution in [-0.2, 0) is 6.61 Å². The van der Waals surface area contributed by atoms with Crippen LogP contribution in [0, 0.1) is 11.8 Å². The number of aliphatic hydroxyl groups is 1. The zero-order valence-electron chi connectivity index (χ0n) is 10.3. The number of ether oxygens (including phenoxy) is 2.